The van der Waals surface area contributed by atoms with Gasteiger partial charge in [0.25, 0.3) is 5.56 Å². The highest BCUT2D eigenvalue weighted by molar-refractivity contribution is 5.95. The van der Waals surface area contributed by atoms with Gasteiger partial charge in [-0.1, -0.05) is 6.92 Å². The number of nitrogens with one attached hydrogen (secondary N) is 2. The molecule has 0 saturated carbocycles. The minimum atomic E-state index is -0.486. The number of carbonyl (C=O) groups is 2. The Morgan fingerprint density at radius 3 is 2.03 bits per heavy atom. The number of aromatic nitrogens is 3. The van der Waals surface area contributed by atoms with Crippen LogP contribution < -0.4 is 27.6 Å². The molecule has 2 aromatic carbocycles. The van der Waals surface area contributed by atoms with Crippen LogP contribution in [0.5, 0.6) is 0 Å². The molecule has 4 rings (SSSR count). The van der Waals surface area contributed by atoms with Crippen molar-refractivity contribution in [3.05, 3.63) is 67.8 Å². The zero-order chi connectivity index (χ0) is 26.9. The van der Waals surface area contributed by atoms with Gasteiger partial charge >= 0.3 is 11.4 Å². The second kappa shape index (κ2) is 10.3. The number of nitrogens with zero attached hydrogens (tertiary/aromatic N) is 3. The highest BCUT2D eigenvalue weighted by Crippen LogP contribution is 2.20. The molecular weight excluding hydrogens is 478 g/mol. The lowest BCUT2D eigenvalue weighted by molar-refractivity contribution is -0.118. The van der Waals surface area contributed by atoms with Crippen LogP contribution in [-0.2, 0) is 29.7 Å². The molecule has 0 aliphatic heterocycles. The molecule has 0 saturated heterocycles. The summed E-state index contributed by atoms with van der Waals surface area (Å²) in [6, 6.07) is 9.82. The Kier molecular flexibility index (Phi) is 7.14. The topological polar surface area (TPSA) is 137 Å². The maximum absolute atomic E-state index is 12.8. The Bertz CT molecular complexity index is 1690. The Labute approximate surface area is 211 Å². The number of hydrogen-bond acceptors (Lipinski definition) is 6. The first kappa shape index (κ1) is 25.7. The molecule has 37 heavy (non-hydrogen) atoms. The minimum Gasteiger partial charge on any atom is -0.408 e. The van der Waals surface area contributed by atoms with E-state index in [0.29, 0.717) is 39.9 Å². The van der Waals surface area contributed by atoms with Gasteiger partial charge in [0.1, 0.15) is 0 Å². The predicted molar refractivity (Wildman–Crippen MR) is 141 cm³/mol. The summed E-state index contributed by atoms with van der Waals surface area (Å²) in [7, 11) is 1.60. The summed E-state index contributed by atoms with van der Waals surface area (Å²) in [6.07, 6.45) is 0.192. The summed E-state index contributed by atoms with van der Waals surface area (Å²) in [6.45, 7) is 6.01. The smallest absolute Gasteiger partial charge is 0.408 e. The van der Waals surface area contributed by atoms with Gasteiger partial charge in [-0.3, -0.25) is 28.1 Å². The fraction of sp³-hybridized carbons (Fsp3) is 0.346. The van der Waals surface area contributed by atoms with Crippen molar-refractivity contribution in [2.45, 2.75) is 46.7 Å². The van der Waals surface area contributed by atoms with E-state index in [2.05, 4.69) is 10.6 Å². The van der Waals surface area contributed by atoms with E-state index < -0.39 is 11.3 Å². The first-order valence-corrected chi connectivity index (χ1v) is 12.1. The average Bonchev–Trinajstić information content (AvgIpc) is 3.12. The first-order valence-electron chi connectivity index (χ1n) is 12.1. The number of aryl methyl sites for hydroxylation is 2. The minimum absolute atomic E-state index is 0.0890. The van der Waals surface area contributed by atoms with Crippen molar-refractivity contribution in [1.82, 2.24) is 13.7 Å². The van der Waals surface area contributed by atoms with Crippen molar-refractivity contribution in [2.75, 3.05) is 10.6 Å². The summed E-state index contributed by atoms with van der Waals surface area (Å²) < 4.78 is 9.21. The van der Waals surface area contributed by atoms with Gasteiger partial charge in [0.2, 0.25) is 11.8 Å². The Morgan fingerprint density at radius 1 is 0.865 bits per heavy atom. The number of rotatable bonds is 8. The third-order valence-corrected chi connectivity index (χ3v) is 6.28. The van der Waals surface area contributed by atoms with Crippen LogP contribution in [0.15, 0.2) is 55.2 Å². The Balaban J connectivity index is 1.40. The Hall–Kier alpha value is -4.41. The fourth-order valence-corrected chi connectivity index (χ4v) is 4.43. The summed E-state index contributed by atoms with van der Waals surface area (Å²) in [4.78, 5) is 62.1. The third-order valence-electron chi connectivity index (χ3n) is 6.28. The SMILES string of the molecule is CCn1c(=O)c2cc(NC(=O)CC(C)CC(=O)Nc3ccc4c(c3)oc(=O)n4C)ccc2n(CC)c1=O. The molecule has 0 radical (unpaired) electrons. The summed E-state index contributed by atoms with van der Waals surface area (Å²) in [5.41, 5.74) is 1.66. The highest BCUT2D eigenvalue weighted by atomic mass is 16.4. The number of hydrogen-bond donors (Lipinski definition) is 2. The van der Waals surface area contributed by atoms with Crippen LogP contribution in [0.1, 0.15) is 33.6 Å². The van der Waals surface area contributed by atoms with Crippen molar-refractivity contribution in [1.29, 1.82) is 0 Å². The van der Waals surface area contributed by atoms with E-state index in [1.807, 2.05) is 6.92 Å². The van der Waals surface area contributed by atoms with Gasteiger partial charge in [-0.05, 0) is 50.1 Å². The number of anilines is 2. The summed E-state index contributed by atoms with van der Waals surface area (Å²) in [5, 5.41) is 5.89. The van der Waals surface area contributed by atoms with E-state index in [4.69, 9.17) is 4.42 Å². The van der Waals surface area contributed by atoms with Crippen LogP contribution in [0.3, 0.4) is 0 Å². The lowest BCUT2D eigenvalue weighted by Gasteiger charge is -2.14. The van der Waals surface area contributed by atoms with Crippen LogP contribution >= 0.6 is 0 Å². The molecule has 0 aliphatic carbocycles. The van der Waals surface area contributed by atoms with Crippen LogP contribution in [0, 0.1) is 5.92 Å². The van der Waals surface area contributed by atoms with E-state index in [1.54, 1.807) is 57.3 Å². The van der Waals surface area contributed by atoms with Gasteiger partial charge < -0.3 is 15.1 Å². The second-order valence-corrected chi connectivity index (χ2v) is 9.03. The monoisotopic (exact) mass is 507 g/mol. The third kappa shape index (κ3) is 5.11. The molecule has 0 fully saturated rings. The van der Waals surface area contributed by atoms with E-state index in [0.717, 1.165) is 0 Å². The normalized spacial score (nSPS) is 12.1. The lowest BCUT2D eigenvalue weighted by Crippen LogP contribution is -2.39. The van der Waals surface area contributed by atoms with Crippen molar-refractivity contribution in [2.24, 2.45) is 13.0 Å². The van der Waals surface area contributed by atoms with Crippen molar-refractivity contribution < 1.29 is 14.0 Å². The molecule has 11 nitrogen and oxygen atoms in total. The van der Waals surface area contributed by atoms with Gasteiger partial charge in [0.15, 0.2) is 5.58 Å². The van der Waals surface area contributed by atoms with E-state index >= 15 is 0 Å². The molecule has 2 aromatic heterocycles. The number of fused-ring (bicyclic) bond motifs is 2. The molecule has 2 N–H and O–H groups in total. The molecule has 1 atom stereocenters. The largest absolute Gasteiger partial charge is 0.419 e. The van der Waals surface area contributed by atoms with E-state index in [9.17, 15) is 24.0 Å². The summed E-state index contributed by atoms with van der Waals surface area (Å²) >= 11 is 0. The van der Waals surface area contributed by atoms with Gasteiger partial charge in [-0.2, -0.15) is 0 Å². The summed E-state index contributed by atoms with van der Waals surface area (Å²) in [5.74, 6) is -1.32. The van der Waals surface area contributed by atoms with Crippen molar-refractivity contribution >= 4 is 45.2 Å². The number of oxazole rings is 1. The number of carbonyl (C=O) groups excluding carboxylic acids is 2. The van der Waals surface area contributed by atoms with Crippen molar-refractivity contribution in [3.8, 4) is 0 Å². The predicted octanol–water partition coefficient (Wildman–Crippen LogP) is 2.64. The maximum Gasteiger partial charge on any atom is 0.419 e. The molecule has 2 heterocycles. The average molecular weight is 508 g/mol. The molecular formula is C26H29N5O6. The molecule has 0 bridgehead atoms. The van der Waals surface area contributed by atoms with E-state index in [-0.39, 0.29) is 42.8 Å². The van der Waals surface area contributed by atoms with Crippen LogP contribution in [-0.4, -0.2) is 25.5 Å². The van der Waals surface area contributed by atoms with Gasteiger partial charge in [0, 0.05) is 50.4 Å². The zero-order valence-corrected chi connectivity index (χ0v) is 21.2. The molecule has 11 heteroatoms. The molecule has 1 unspecified atom stereocenters. The lowest BCUT2D eigenvalue weighted by atomic mass is 10.0. The highest BCUT2D eigenvalue weighted by Gasteiger charge is 2.16. The maximum atomic E-state index is 12.8. The zero-order valence-electron chi connectivity index (χ0n) is 21.2. The van der Waals surface area contributed by atoms with Crippen LogP contribution in [0.2, 0.25) is 0 Å². The fourth-order valence-electron chi connectivity index (χ4n) is 4.43. The molecule has 194 valence electrons. The molecule has 4 aromatic rings. The second-order valence-electron chi connectivity index (χ2n) is 9.03. The Morgan fingerprint density at radius 2 is 1.43 bits per heavy atom. The molecule has 2 amide bonds. The molecule has 0 aliphatic rings. The number of benzene rings is 2. The molecule has 0 spiro atoms. The van der Waals surface area contributed by atoms with Crippen molar-refractivity contribution in [3.63, 3.8) is 0 Å². The standard InChI is InChI=1S/C26H29N5O6/c1-5-30-19-9-7-16(13-18(19)24(34)31(6-2)25(30)35)27-22(32)11-15(3)12-23(33)28-17-8-10-20-21(14-17)37-26(36)29(20)4/h7-10,13-15H,5-6,11-12H2,1-4H3,(H,27,32)(H,28,33). The van der Waals surface area contributed by atoms with Crippen LogP contribution in [0.25, 0.3) is 22.0 Å². The van der Waals surface area contributed by atoms with E-state index in [1.165, 1.54) is 13.7 Å². The van der Waals surface area contributed by atoms with Gasteiger partial charge in [-0.25, -0.2) is 9.59 Å². The first-order chi connectivity index (χ1) is 17.6. The number of amides is 2. The van der Waals surface area contributed by atoms with Gasteiger partial charge in [-0.15, -0.1) is 0 Å². The quantitative estimate of drug-likeness (QED) is 0.376. The van der Waals surface area contributed by atoms with Crippen LogP contribution in [0.4, 0.5) is 11.4 Å². The van der Waals surface area contributed by atoms with Gasteiger partial charge in [0.05, 0.1) is 16.4 Å².